The van der Waals surface area contributed by atoms with Crippen LogP contribution in [0, 0.1) is 0 Å². The van der Waals surface area contributed by atoms with E-state index >= 15 is 0 Å². The maximum atomic E-state index is 5.48. The van der Waals surface area contributed by atoms with Gasteiger partial charge in [-0.3, -0.25) is 0 Å². The molecule has 37 heavy (non-hydrogen) atoms. The van der Waals surface area contributed by atoms with Gasteiger partial charge in [-0.1, -0.05) is 93.6 Å². The molecule has 0 fully saturated rings. The first-order valence-corrected chi connectivity index (χ1v) is 12.7. The molecule has 2 heterocycles. The monoisotopic (exact) mass is 485 g/mol. The maximum absolute atomic E-state index is 5.48. The van der Waals surface area contributed by atoms with Gasteiger partial charge in [-0.25, -0.2) is 4.68 Å². The Morgan fingerprint density at radius 2 is 1.30 bits per heavy atom. The third-order valence-electron chi connectivity index (χ3n) is 7.05. The average Bonchev–Trinajstić information content (AvgIpc) is 3.35. The van der Waals surface area contributed by atoms with Crippen LogP contribution >= 0.6 is 0 Å². The number of anilines is 2. The highest BCUT2D eigenvalue weighted by Gasteiger charge is 2.40. The molecule has 4 nitrogen and oxygen atoms in total. The summed E-state index contributed by atoms with van der Waals surface area (Å²) in [6.45, 7) is 6.74. The van der Waals surface area contributed by atoms with Crippen molar-refractivity contribution in [3.05, 3.63) is 126 Å². The lowest BCUT2D eigenvalue weighted by Gasteiger charge is -2.40. The van der Waals surface area contributed by atoms with Crippen LogP contribution in [0.25, 0.3) is 16.8 Å². The molecule has 0 N–H and O–H groups in total. The van der Waals surface area contributed by atoms with Crippen LogP contribution < -0.4 is 9.64 Å². The Morgan fingerprint density at radius 3 is 1.92 bits per heavy atom. The number of fused-ring (bicyclic) bond motifs is 3. The Hall–Kier alpha value is -4.31. The molecular weight excluding hydrogens is 454 g/mol. The molecule has 1 aliphatic heterocycles. The first kappa shape index (κ1) is 23.1. The highest BCUT2D eigenvalue weighted by atomic mass is 16.5. The summed E-state index contributed by atoms with van der Waals surface area (Å²) in [5.74, 6) is 1.94. The van der Waals surface area contributed by atoms with Gasteiger partial charge in [0.15, 0.2) is 0 Å². The van der Waals surface area contributed by atoms with E-state index in [9.17, 15) is 0 Å². The van der Waals surface area contributed by atoms with Gasteiger partial charge in [0.2, 0.25) is 0 Å². The zero-order valence-corrected chi connectivity index (χ0v) is 21.7. The fourth-order valence-corrected chi connectivity index (χ4v) is 5.35. The van der Waals surface area contributed by atoms with Gasteiger partial charge in [0.05, 0.1) is 24.5 Å². The quantitative estimate of drug-likeness (QED) is 0.258. The zero-order chi connectivity index (χ0) is 25.6. The highest BCUT2D eigenvalue weighted by Crippen LogP contribution is 2.54. The van der Waals surface area contributed by atoms with Gasteiger partial charge in [0, 0.05) is 16.7 Å². The Balaban J connectivity index is 1.73. The van der Waals surface area contributed by atoms with Gasteiger partial charge in [0.1, 0.15) is 11.6 Å². The van der Waals surface area contributed by atoms with Gasteiger partial charge < -0.3 is 9.64 Å². The van der Waals surface area contributed by atoms with Crippen LogP contribution in [0.1, 0.15) is 43.6 Å². The minimum absolute atomic E-state index is 0.0380. The fraction of sp³-hybridized carbons (Fsp3) is 0.182. The van der Waals surface area contributed by atoms with Crippen molar-refractivity contribution in [2.45, 2.75) is 32.2 Å². The maximum Gasteiger partial charge on any atom is 0.145 e. The van der Waals surface area contributed by atoms with Crippen molar-refractivity contribution in [3.63, 3.8) is 0 Å². The lowest BCUT2D eigenvalue weighted by atomic mass is 9.81. The number of benzene rings is 4. The van der Waals surface area contributed by atoms with E-state index in [1.807, 2.05) is 12.1 Å². The number of aromatic nitrogens is 2. The molecule has 0 saturated carbocycles. The standard InChI is InChI=1S/C33H31N3O/c1-33(2,3)31-29-27-17-11-12-18-28(27)30(23-19-21-26(37-4)22-20-23)35(24-13-7-5-8-14-24)32(29)36(34-31)25-15-9-6-10-16-25/h5-22,30H,1-4H3. The molecule has 1 unspecified atom stereocenters. The molecule has 0 bridgehead atoms. The predicted octanol–water partition coefficient (Wildman–Crippen LogP) is 8.09. The van der Waals surface area contributed by atoms with Gasteiger partial charge in [-0.15, -0.1) is 0 Å². The number of para-hydroxylation sites is 2. The van der Waals surface area contributed by atoms with Crippen LogP contribution in [0.4, 0.5) is 11.5 Å². The van der Waals surface area contributed by atoms with E-state index in [0.717, 1.165) is 28.6 Å². The highest BCUT2D eigenvalue weighted by molar-refractivity contribution is 5.90. The van der Waals surface area contributed by atoms with Crippen LogP contribution in [-0.4, -0.2) is 16.9 Å². The summed E-state index contributed by atoms with van der Waals surface area (Å²) in [6.07, 6.45) is 0. The van der Waals surface area contributed by atoms with E-state index in [1.54, 1.807) is 7.11 Å². The van der Waals surface area contributed by atoms with Crippen molar-refractivity contribution in [2.75, 3.05) is 12.0 Å². The molecule has 1 atom stereocenters. The van der Waals surface area contributed by atoms with Crippen molar-refractivity contribution >= 4 is 11.5 Å². The summed E-state index contributed by atoms with van der Waals surface area (Å²) in [6, 6.07) is 38.3. The largest absolute Gasteiger partial charge is 0.497 e. The van der Waals surface area contributed by atoms with Crippen molar-refractivity contribution in [3.8, 4) is 22.6 Å². The van der Waals surface area contributed by atoms with Crippen LogP contribution in [0.3, 0.4) is 0 Å². The minimum Gasteiger partial charge on any atom is -0.497 e. The number of hydrogen-bond acceptors (Lipinski definition) is 3. The number of rotatable bonds is 4. The zero-order valence-electron chi connectivity index (χ0n) is 21.7. The molecule has 4 heteroatoms. The van der Waals surface area contributed by atoms with Crippen molar-refractivity contribution < 1.29 is 4.74 Å². The van der Waals surface area contributed by atoms with Crippen LogP contribution in [0.5, 0.6) is 5.75 Å². The van der Waals surface area contributed by atoms with E-state index in [1.165, 1.54) is 22.3 Å². The number of hydrogen-bond donors (Lipinski definition) is 0. The third kappa shape index (κ3) is 3.89. The Kier molecular flexibility index (Phi) is 5.60. The summed E-state index contributed by atoms with van der Waals surface area (Å²) in [4.78, 5) is 2.45. The number of nitrogens with zero attached hydrogens (tertiary/aromatic N) is 3. The summed E-state index contributed by atoms with van der Waals surface area (Å²) >= 11 is 0. The molecule has 1 aromatic heterocycles. The van der Waals surface area contributed by atoms with Crippen molar-refractivity contribution in [2.24, 2.45) is 0 Å². The van der Waals surface area contributed by atoms with E-state index in [2.05, 4.69) is 127 Å². The number of methoxy groups -OCH3 is 1. The van der Waals surface area contributed by atoms with Crippen LogP contribution in [0.15, 0.2) is 109 Å². The molecule has 0 aliphatic carbocycles. The lowest BCUT2D eigenvalue weighted by molar-refractivity contribution is 0.414. The lowest BCUT2D eigenvalue weighted by Crippen LogP contribution is -2.30. The first-order chi connectivity index (χ1) is 18.0. The van der Waals surface area contributed by atoms with Gasteiger partial charge in [0.25, 0.3) is 0 Å². The van der Waals surface area contributed by atoms with E-state index in [-0.39, 0.29) is 11.5 Å². The molecule has 0 radical (unpaired) electrons. The smallest absolute Gasteiger partial charge is 0.145 e. The molecule has 184 valence electrons. The minimum atomic E-state index is -0.146. The predicted molar refractivity (Wildman–Crippen MR) is 151 cm³/mol. The summed E-state index contributed by atoms with van der Waals surface area (Å²) in [7, 11) is 1.71. The molecule has 0 amide bonds. The van der Waals surface area contributed by atoms with Crippen LogP contribution in [-0.2, 0) is 5.41 Å². The summed E-state index contributed by atoms with van der Waals surface area (Å²) in [5.41, 5.74) is 8.00. The summed E-state index contributed by atoms with van der Waals surface area (Å²) in [5, 5.41) is 5.32. The molecule has 0 saturated heterocycles. The second-order valence-electron chi connectivity index (χ2n) is 10.5. The normalized spacial score (nSPS) is 14.7. The Bertz CT molecular complexity index is 1530. The molecule has 0 spiro atoms. The first-order valence-electron chi connectivity index (χ1n) is 12.7. The third-order valence-corrected chi connectivity index (χ3v) is 7.05. The molecule has 4 aromatic carbocycles. The van der Waals surface area contributed by atoms with Crippen molar-refractivity contribution in [1.82, 2.24) is 9.78 Å². The van der Waals surface area contributed by atoms with Crippen LogP contribution in [0.2, 0.25) is 0 Å². The molecule has 6 rings (SSSR count). The van der Waals surface area contributed by atoms with Crippen molar-refractivity contribution in [1.29, 1.82) is 0 Å². The second-order valence-corrected chi connectivity index (χ2v) is 10.5. The van der Waals surface area contributed by atoms with Gasteiger partial charge >= 0.3 is 0 Å². The SMILES string of the molecule is COc1ccc(C2c3ccccc3-c3c(C(C)(C)C)nn(-c4ccccc4)c3N2c2ccccc2)cc1. The van der Waals surface area contributed by atoms with E-state index < -0.39 is 0 Å². The molecule has 5 aromatic rings. The summed E-state index contributed by atoms with van der Waals surface area (Å²) < 4.78 is 7.62. The molecular formula is C33H31N3O. The van der Waals surface area contributed by atoms with E-state index in [4.69, 9.17) is 9.84 Å². The van der Waals surface area contributed by atoms with Gasteiger partial charge in [-0.2, -0.15) is 5.10 Å². The number of ether oxygens (including phenoxy) is 1. The average molecular weight is 486 g/mol. The van der Waals surface area contributed by atoms with Gasteiger partial charge in [-0.05, 0) is 53.1 Å². The van der Waals surface area contributed by atoms with E-state index in [0.29, 0.717) is 0 Å². The second kappa shape index (κ2) is 8.97. The topological polar surface area (TPSA) is 30.3 Å². The Labute approximate surface area is 218 Å². The molecule has 1 aliphatic rings. The Morgan fingerprint density at radius 1 is 0.703 bits per heavy atom. The fourth-order valence-electron chi connectivity index (χ4n) is 5.35.